The summed E-state index contributed by atoms with van der Waals surface area (Å²) >= 11 is 0. The molecule has 0 saturated carbocycles. The third-order valence-corrected chi connectivity index (χ3v) is 3.70. The Kier molecular flexibility index (Phi) is 3.66. The summed E-state index contributed by atoms with van der Waals surface area (Å²) in [5.74, 6) is -1.05. The van der Waals surface area contributed by atoms with Gasteiger partial charge < -0.3 is 15.1 Å². The molecule has 2 heterocycles. The van der Waals surface area contributed by atoms with Crippen LogP contribution in [0, 0.1) is 5.82 Å². The Labute approximate surface area is 126 Å². The van der Waals surface area contributed by atoms with Gasteiger partial charge in [-0.2, -0.15) is 0 Å². The number of carbonyl (C=O) groups excluding carboxylic acids is 2. The first kappa shape index (κ1) is 14.3. The van der Waals surface area contributed by atoms with Gasteiger partial charge >= 0.3 is 0 Å². The van der Waals surface area contributed by atoms with Crippen LogP contribution in [0.25, 0.3) is 0 Å². The molecular formula is C16H15FN2O3. The molecule has 2 amide bonds. The molecule has 0 spiro atoms. The van der Waals surface area contributed by atoms with Crippen LogP contribution >= 0.6 is 0 Å². The van der Waals surface area contributed by atoms with Crippen molar-refractivity contribution in [3.8, 4) is 0 Å². The summed E-state index contributed by atoms with van der Waals surface area (Å²) in [5.41, 5.74) is 0.965. The van der Waals surface area contributed by atoms with Gasteiger partial charge in [-0.1, -0.05) is 6.07 Å². The Morgan fingerprint density at radius 1 is 1.45 bits per heavy atom. The number of anilines is 1. The van der Waals surface area contributed by atoms with Gasteiger partial charge in [-0.15, -0.1) is 0 Å². The molecule has 5 nitrogen and oxygen atoms in total. The molecular weight excluding hydrogens is 287 g/mol. The van der Waals surface area contributed by atoms with Crippen molar-refractivity contribution >= 4 is 17.5 Å². The number of hydrogen-bond acceptors (Lipinski definition) is 3. The molecule has 22 heavy (non-hydrogen) atoms. The van der Waals surface area contributed by atoms with Crippen LogP contribution in [0.1, 0.15) is 36.6 Å². The molecule has 0 bridgehead atoms. The van der Waals surface area contributed by atoms with Crippen molar-refractivity contribution in [3.05, 3.63) is 53.7 Å². The number of furan rings is 1. The zero-order valence-electron chi connectivity index (χ0n) is 11.9. The quantitative estimate of drug-likeness (QED) is 0.915. The maximum absolute atomic E-state index is 13.3. The standard InChI is InChI=1S/C16H15FN2O3/c1-9(14-3-2-6-22-14)18-16(21)12-8-15(20)19-13-7-10(17)4-5-11(12)13/h2-7,9,12H,8H2,1H3,(H,18,21)(H,19,20). The Bertz CT molecular complexity index is 712. The maximum Gasteiger partial charge on any atom is 0.228 e. The van der Waals surface area contributed by atoms with E-state index >= 15 is 0 Å². The lowest BCUT2D eigenvalue weighted by atomic mass is 9.89. The highest BCUT2D eigenvalue weighted by Gasteiger charge is 2.31. The van der Waals surface area contributed by atoms with Crippen molar-refractivity contribution in [2.45, 2.75) is 25.3 Å². The molecule has 6 heteroatoms. The molecule has 2 atom stereocenters. The van der Waals surface area contributed by atoms with E-state index in [1.165, 1.54) is 24.5 Å². The van der Waals surface area contributed by atoms with Gasteiger partial charge in [0.2, 0.25) is 11.8 Å². The molecule has 2 aromatic rings. The van der Waals surface area contributed by atoms with Crippen LogP contribution in [-0.2, 0) is 9.59 Å². The monoisotopic (exact) mass is 302 g/mol. The molecule has 1 aliphatic heterocycles. The molecule has 2 N–H and O–H groups in total. The third-order valence-electron chi connectivity index (χ3n) is 3.70. The lowest BCUT2D eigenvalue weighted by Crippen LogP contribution is -2.36. The predicted octanol–water partition coefficient (Wildman–Crippen LogP) is 2.72. The van der Waals surface area contributed by atoms with Crippen molar-refractivity contribution in [2.75, 3.05) is 5.32 Å². The van der Waals surface area contributed by atoms with Gasteiger partial charge in [-0.05, 0) is 36.8 Å². The Morgan fingerprint density at radius 3 is 3.00 bits per heavy atom. The zero-order valence-corrected chi connectivity index (χ0v) is 11.9. The maximum atomic E-state index is 13.3. The summed E-state index contributed by atoms with van der Waals surface area (Å²) in [6, 6.07) is 7.24. The number of rotatable bonds is 3. The van der Waals surface area contributed by atoms with E-state index in [2.05, 4.69) is 10.6 Å². The summed E-state index contributed by atoms with van der Waals surface area (Å²) in [6.07, 6.45) is 1.57. The van der Waals surface area contributed by atoms with Gasteiger partial charge in [0.05, 0.1) is 18.2 Å². The summed E-state index contributed by atoms with van der Waals surface area (Å²) in [4.78, 5) is 24.2. The van der Waals surface area contributed by atoms with Crippen LogP contribution in [0.2, 0.25) is 0 Å². The lowest BCUT2D eigenvalue weighted by Gasteiger charge is -2.26. The van der Waals surface area contributed by atoms with E-state index in [9.17, 15) is 14.0 Å². The Balaban J connectivity index is 1.82. The average Bonchev–Trinajstić information content (AvgIpc) is 3.00. The van der Waals surface area contributed by atoms with Gasteiger partial charge in [0.1, 0.15) is 11.6 Å². The van der Waals surface area contributed by atoms with Crippen LogP contribution < -0.4 is 10.6 Å². The van der Waals surface area contributed by atoms with Crippen molar-refractivity contribution in [1.82, 2.24) is 5.32 Å². The molecule has 0 fully saturated rings. The zero-order chi connectivity index (χ0) is 15.7. The van der Waals surface area contributed by atoms with E-state index in [0.717, 1.165) is 0 Å². The first-order valence-corrected chi connectivity index (χ1v) is 6.97. The number of halogens is 1. The molecule has 0 radical (unpaired) electrons. The van der Waals surface area contributed by atoms with Crippen LogP contribution in [0.3, 0.4) is 0 Å². The first-order valence-electron chi connectivity index (χ1n) is 6.97. The highest BCUT2D eigenvalue weighted by atomic mass is 19.1. The fourth-order valence-corrected chi connectivity index (χ4v) is 2.59. The third kappa shape index (κ3) is 2.72. The van der Waals surface area contributed by atoms with E-state index in [-0.39, 0.29) is 24.3 Å². The Morgan fingerprint density at radius 2 is 2.27 bits per heavy atom. The average molecular weight is 302 g/mol. The molecule has 1 aliphatic rings. The molecule has 0 saturated heterocycles. The van der Waals surface area contributed by atoms with Crippen LogP contribution in [0.5, 0.6) is 0 Å². The number of fused-ring (bicyclic) bond motifs is 1. The van der Waals surface area contributed by atoms with Crippen LogP contribution in [-0.4, -0.2) is 11.8 Å². The summed E-state index contributed by atoms with van der Waals surface area (Å²) in [6.45, 7) is 1.80. The highest BCUT2D eigenvalue weighted by Crippen LogP contribution is 2.33. The van der Waals surface area contributed by atoms with Gasteiger partial charge in [-0.3, -0.25) is 9.59 Å². The smallest absolute Gasteiger partial charge is 0.228 e. The predicted molar refractivity (Wildman–Crippen MR) is 77.7 cm³/mol. The molecule has 3 rings (SSSR count). The number of amides is 2. The summed E-state index contributed by atoms with van der Waals surface area (Å²) in [5, 5.41) is 5.41. The van der Waals surface area contributed by atoms with E-state index in [1.54, 1.807) is 19.1 Å². The number of benzene rings is 1. The van der Waals surface area contributed by atoms with Gasteiger partial charge in [0, 0.05) is 12.1 Å². The van der Waals surface area contributed by atoms with Gasteiger partial charge in [0.15, 0.2) is 0 Å². The van der Waals surface area contributed by atoms with Crippen LogP contribution in [0.4, 0.5) is 10.1 Å². The molecule has 2 unspecified atom stereocenters. The molecule has 1 aromatic heterocycles. The molecule has 0 aliphatic carbocycles. The SMILES string of the molecule is CC(NC(=O)C1CC(=O)Nc2cc(F)ccc21)c1ccco1. The normalized spacial score (nSPS) is 18.3. The van der Waals surface area contributed by atoms with E-state index < -0.39 is 11.7 Å². The van der Waals surface area contributed by atoms with E-state index in [0.29, 0.717) is 17.0 Å². The fraction of sp³-hybridized carbons (Fsp3) is 0.250. The van der Waals surface area contributed by atoms with Crippen molar-refractivity contribution in [2.24, 2.45) is 0 Å². The number of carbonyl (C=O) groups is 2. The Hall–Kier alpha value is -2.63. The van der Waals surface area contributed by atoms with Gasteiger partial charge in [0.25, 0.3) is 0 Å². The van der Waals surface area contributed by atoms with Gasteiger partial charge in [-0.25, -0.2) is 4.39 Å². The summed E-state index contributed by atoms with van der Waals surface area (Å²) < 4.78 is 18.5. The minimum Gasteiger partial charge on any atom is -0.467 e. The van der Waals surface area contributed by atoms with Crippen LogP contribution in [0.15, 0.2) is 41.0 Å². The van der Waals surface area contributed by atoms with Crippen molar-refractivity contribution < 1.29 is 18.4 Å². The minimum atomic E-state index is -0.637. The summed E-state index contributed by atoms with van der Waals surface area (Å²) in [7, 11) is 0. The first-order chi connectivity index (χ1) is 10.5. The highest BCUT2D eigenvalue weighted by molar-refractivity contribution is 6.01. The fourth-order valence-electron chi connectivity index (χ4n) is 2.59. The molecule has 1 aromatic carbocycles. The lowest BCUT2D eigenvalue weighted by molar-refractivity contribution is -0.126. The van der Waals surface area contributed by atoms with E-state index in [1.807, 2.05) is 0 Å². The van der Waals surface area contributed by atoms with E-state index in [4.69, 9.17) is 4.42 Å². The van der Waals surface area contributed by atoms with Crippen molar-refractivity contribution in [3.63, 3.8) is 0 Å². The second-order valence-corrected chi connectivity index (χ2v) is 5.28. The topological polar surface area (TPSA) is 71.3 Å². The second kappa shape index (κ2) is 5.63. The minimum absolute atomic E-state index is 0.0370. The second-order valence-electron chi connectivity index (χ2n) is 5.28. The molecule has 114 valence electrons. The number of nitrogens with one attached hydrogen (secondary N) is 2. The van der Waals surface area contributed by atoms with Crippen molar-refractivity contribution in [1.29, 1.82) is 0 Å². The largest absolute Gasteiger partial charge is 0.467 e. The number of hydrogen-bond donors (Lipinski definition) is 2.